The van der Waals surface area contributed by atoms with Crippen LogP contribution in [0.3, 0.4) is 0 Å². The third-order valence-corrected chi connectivity index (χ3v) is 6.08. The molecule has 9 heteroatoms. The quantitative estimate of drug-likeness (QED) is 0.704. The Balaban J connectivity index is 1.29. The first-order chi connectivity index (χ1) is 13.7. The number of nitrogens with one attached hydrogen (secondary N) is 1. The minimum Gasteiger partial charge on any atom is -0.337 e. The van der Waals surface area contributed by atoms with Crippen molar-refractivity contribution in [3.8, 4) is 11.4 Å². The summed E-state index contributed by atoms with van der Waals surface area (Å²) in [5.74, 6) is 0.875. The summed E-state index contributed by atoms with van der Waals surface area (Å²) in [5.41, 5.74) is 4.20. The van der Waals surface area contributed by atoms with E-state index < -0.39 is 0 Å². The molecule has 1 fully saturated rings. The Bertz CT molecular complexity index is 1020. The van der Waals surface area contributed by atoms with Crippen LogP contribution < -0.4 is 5.43 Å². The summed E-state index contributed by atoms with van der Waals surface area (Å²) in [5, 5.41) is 8.58. The van der Waals surface area contributed by atoms with E-state index in [1.807, 2.05) is 34.8 Å². The zero-order chi connectivity index (χ0) is 19.1. The maximum absolute atomic E-state index is 12.9. The lowest BCUT2D eigenvalue weighted by molar-refractivity contribution is -0.135. The Labute approximate surface area is 170 Å². The molecule has 0 saturated carbocycles. The fourth-order valence-corrected chi connectivity index (χ4v) is 4.33. The number of thiophene rings is 1. The van der Waals surface area contributed by atoms with E-state index in [1.165, 1.54) is 4.88 Å². The van der Waals surface area contributed by atoms with Gasteiger partial charge in [-0.2, -0.15) is 4.98 Å². The summed E-state index contributed by atoms with van der Waals surface area (Å²) >= 11 is 7.60. The molecule has 28 heavy (non-hydrogen) atoms. The molecule has 0 radical (unpaired) electrons. The van der Waals surface area contributed by atoms with Crippen molar-refractivity contribution in [1.82, 2.24) is 25.5 Å². The summed E-state index contributed by atoms with van der Waals surface area (Å²) in [6.07, 6.45) is 4.35. The van der Waals surface area contributed by atoms with Crippen molar-refractivity contribution in [3.05, 3.63) is 70.0 Å². The van der Waals surface area contributed by atoms with Crippen molar-refractivity contribution >= 4 is 28.8 Å². The number of fused-ring (bicyclic) bond motifs is 1. The van der Waals surface area contributed by atoms with E-state index in [0.29, 0.717) is 16.7 Å². The number of hydrazine groups is 1. The average Bonchev–Trinajstić information content (AvgIpc) is 3.45. The molecule has 2 atom stereocenters. The van der Waals surface area contributed by atoms with Gasteiger partial charge in [-0.05, 0) is 35.7 Å². The van der Waals surface area contributed by atoms with Gasteiger partial charge in [0.25, 0.3) is 5.91 Å². The van der Waals surface area contributed by atoms with Crippen LogP contribution in [0.1, 0.15) is 23.2 Å². The molecule has 1 saturated heterocycles. The SMILES string of the molecule is O=C1C2CC(c3cccs3)NN2C=CN1Cc1nc(-c2ccc(Cl)cc2)no1. The van der Waals surface area contributed by atoms with Crippen molar-refractivity contribution in [3.63, 3.8) is 0 Å². The topological polar surface area (TPSA) is 74.5 Å². The predicted octanol–water partition coefficient (Wildman–Crippen LogP) is 3.59. The van der Waals surface area contributed by atoms with E-state index in [1.54, 1.807) is 34.6 Å². The summed E-state index contributed by atoms with van der Waals surface area (Å²) < 4.78 is 5.34. The molecular formula is C19H16ClN5O2S. The van der Waals surface area contributed by atoms with Crippen molar-refractivity contribution < 1.29 is 9.32 Å². The third kappa shape index (κ3) is 3.19. The Kier molecular flexibility index (Phi) is 4.38. The molecule has 2 aliphatic heterocycles. The Morgan fingerprint density at radius 1 is 1.25 bits per heavy atom. The Morgan fingerprint density at radius 2 is 2.11 bits per heavy atom. The van der Waals surface area contributed by atoms with Crippen LogP contribution in [0.5, 0.6) is 0 Å². The molecule has 142 valence electrons. The average molecular weight is 414 g/mol. The van der Waals surface area contributed by atoms with Crippen LogP contribution >= 0.6 is 22.9 Å². The summed E-state index contributed by atoms with van der Waals surface area (Å²) in [6, 6.07) is 11.2. The number of amides is 1. The van der Waals surface area contributed by atoms with Gasteiger partial charge in [0, 0.05) is 34.3 Å². The molecule has 1 N–H and O–H groups in total. The molecule has 2 unspecified atom stereocenters. The van der Waals surface area contributed by atoms with E-state index in [9.17, 15) is 4.79 Å². The van der Waals surface area contributed by atoms with Crippen molar-refractivity contribution in [1.29, 1.82) is 0 Å². The molecule has 1 amide bonds. The van der Waals surface area contributed by atoms with Crippen molar-refractivity contribution in [2.75, 3.05) is 0 Å². The molecule has 0 spiro atoms. The first kappa shape index (κ1) is 17.4. The largest absolute Gasteiger partial charge is 0.337 e. The summed E-state index contributed by atoms with van der Waals surface area (Å²) in [7, 11) is 0. The zero-order valence-corrected chi connectivity index (χ0v) is 16.2. The van der Waals surface area contributed by atoms with Gasteiger partial charge in [-0.3, -0.25) is 4.79 Å². The molecule has 3 aromatic rings. The molecular weight excluding hydrogens is 398 g/mol. The molecule has 5 rings (SSSR count). The lowest BCUT2D eigenvalue weighted by Crippen LogP contribution is -2.47. The summed E-state index contributed by atoms with van der Waals surface area (Å²) in [6.45, 7) is 0.240. The van der Waals surface area contributed by atoms with E-state index >= 15 is 0 Å². The second-order valence-corrected chi connectivity index (χ2v) is 8.05. The number of carbonyl (C=O) groups is 1. The van der Waals surface area contributed by atoms with Gasteiger partial charge in [0.15, 0.2) is 0 Å². The van der Waals surface area contributed by atoms with Gasteiger partial charge < -0.3 is 14.4 Å². The molecule has 0 aliphatic carbocycles. The van der Waals surface area contributed by atoms with E-state index in [4.69, 9.17) is 16.1 Å². The van der Waals surface area contributed by atoms with E-state index in [2.05, 4.69) is 21.6 Å². The number of carbonyl (C=O) groups excluding carboxylic acids is 1. The van der Waals surface area contributed by atoms with Gasteiger partial charge >= 0.3 is 0 Å². The standard InChI is InChI=1S/C19H16ClN5O2S/c20-13-5-3-12(4-6-13)18-21-17(27-23-18)11-24-7-8-25-15(19(24)26)10-14(22-25)16-2-1-9-28-16/h1-9,14-15,22H,10-11H2. The van der Waals surface area contributed by atoms with Crippen molar-refractivity contribution in [2.45, 2.75) is 25.0 Å². The number of hydrogen-bond acceptors (Lipinski definition) is 7. The normalized spacial score (nSPS) is 21.4. The second-order valence-electron chi connectivity index (χ2n) is 6.64. The number of aromatic nitrogens is 2. The monoisotopic (exact) mass is 413 g/mol. The fourth-order valence-electron chi connectivity index (χ4n) is 3.42. The van der Waals surface area contributed by atoms with Gasteiger partial charge in [-0.1, -0.05) is 22.8 Å². The van der Waals surface area contributed by atoms with Gasteiger partial charge in [-0.15, -0.1) is 11.3 Å². The van der Waals surface area contributed by atoms with E-state index in [-0.39, 0.29) is 24.5 Å². The van der Waals surface area contributed by atoms with Crippen molar-refractivity contribution in [2.24, 2.45) is 0 Å². The molecule has 2 aliphatic rings. The van der Waals surface area contributed by atoms with Gasteiger partial charge in [0.2, 0.25) is 11.7 Å². The number of halogens is 1. The van der Waals surface area contributed by atoms with Gasteiger partial charge in [-0.25, -0.2) is 5.43 Å². The molecule has 1 aromatic carbocycles. The molecule has 0 bridgehead atoms. The lowest BCUT2D eigenvalue weighted by atomic mass is 10.1. The van der Waals surface area contributed by atoms with Gasteiger partial charge in [0.1, 0.15) is 12.6 Å². The van der Waals surface area contributed by atoms with Gasteiger partial charge in [0.05, 0.1) is 6.04 Å². The maximum atomic E-state index is 12.9. The van der Waals surface area contributed by atoms with Crippen LogP contribution in [-0.2, 0) is 11.3 Å². The van der Waals surface area contributed by atoms with Crippen LogP contribution in [0, 0.1) is 0 Å². The first-order valence-electron chi connectivity index (χ1n) is 8.82. The molecule has 4 heterocycles. The highest BCUT2D eigenvalue weighted by Gasteiger charge is 2.40. The Morgan fingerprint density at radius 3 is 2.89 bits per heavy atom. The maximum Gasteiger partial charge on any atom is 0.251 e. The van der Waals surface area contributed by atoms with Crippen LogP contribution in [0.2, 0.25) is 5.02 Å². The van der Waals surface area contributed by atoms with E-state index in [0.717, 1.165) is 12.0 Å². The summed E-state index contributed by atoms with van der Waals surface area (Å²) in [4.78, 5) is 20.2. The fraction of sp³-hybridized carbons (Fsp3) is 0.211. The number of benzene rings is 1. The highest BCUT2D eigenvalue weighted by Crippen LogP contribution is 2.33. The van der Waals surface area contributed by atoms with Crippen LogP contribution in [-0.4, -0.2) is 32.0 Å². The lowest BCUT2D eigenvalue weighted by Gasteiger charge is -2.30. The third-order valence-electron chi connectivity index (χ3n) is 4.84. The smallest absolute Gasteiger partial charge is 0.251 e. The minimum absolute atomic E-state index is 0.0142. The molecule has 2 aromatic heterocycles. The highest BCUT2D eigenvalue weighted by molar-refractivity contribution is 7.10. The predicted molar refractivity (Wildman–Crippen MR) is 105 cm³/mol. The first-order valence-corrected chi connectivity index (χ1v) is 10.1. The Hall–Kier alpha value is -2.68. The zero-order valence-electron chi connectivity index (χ0n) is 14.7. The van der Waals surface area contributed by atoms with Crippen LogP contribution in [0.4, 0.5) is 0 Å². The number of hydrogen-bond donors (Lipinski definition) is 1. The van der Waals surface area contributed by atoms with Crippen LogP contribution in [0.15, 0.2) is 58.7 Å². The molecule has 7 nitrogen and oxygen atoms in total. The minimum atomic E-state index is -0.240. The number of nitrogens with zero attached hydrogens (tertiary/aromatic N) is 4. The second kappa shape index (κ2) is 7.05. The van der Waals surface area contributed by atoms with Crippen LogP contribution in [0.25, 0.3) is 11.4 Å². The number of rotatable bonds is 4. The highest BCUT2D eigenvalue weighted by atomic mass is 35.5.